The number of rotatable bonds is 1. The molecule has 0 spiro atoms. The predicted octanol–water partition coefficient (Wildman–Crippen LogP) is 0.784. The van der Waals surface area contributed by atoms with Gasteiger partial charge in [0.1, 0.15) is 17.1 Å². The first kappa shape index (κ1) is 11.5. The van der Waals surface area contributed by atoms with Crippen molar-refractivity contribution in [2.24, 2.45) is 20.9 Å². The summed E-state index contributed by atoms with van der Waals surface area (Å²) in [6.07, 6.45) is 1.84. The van der Waals surface area contributed by atoms with E-state index in [9.17, 15) is 4.79 Å². The summed E-state index contributed by atoms with van der Waals surface area (Å²) in [6, 6.07) is 0. The summed E-state index contributed by atoms with van der Waals surface area (Å²) in [4.78, 5) is 16.0. The first-order chi connectivity index (χ1) is 7.87. The molecule has 2 aliphatic rings. The van der Waals surface area contributed by atoms with Crippen molar-refractivity contribution in [3.63, 3.8) is 0 Å². The lowest BCUT2D eigenvalue weighted by molar-refractivity contribution is -0.150. The minimum absolute atomic E-state index is 0.182. The summed E-state index contributed by atoms with van der Waals surface area (Å²) in [5, 5.41) is 7.61. The van der Waals surface area contributed by atoms with Gasteiger partial charge in [-0.3, -0.25) is 0 Å². The lowest BCUT2D eigenvalue weighted by atomic mass is 10.0. The van der Waals surface area contributed by atoms with Crippen LogP contribution in [0.5, 0.6) is 0 Å². The highest BCUT2D eigenvalue weighted by molar-refractivity contribution is 6.65. The molecule has 0 aromatic heterocycles. The predicted molar refractivity (Wildman–Crippen MR) is 65.0 cm³/mol. The van der Waals surface area contributed by atoms with E-state index in [1.54, 1.807) is 20.8 Å². The van der Waals surface area contributed by atoms with Crippen LogP contribution in [0.4, 0.5) is 0 Å². The molecule has 0 aliphatic carbocycles. The standard InChI is InChI=1S/C11H14N4O2/c1-11(2,3)17-10(16)6-4-7-8(5-13-15-7)14-9(6)12/h5H,4,12H2,1-3H3. The highest BCUT2D eigenvalue weighted by Crippen LogP contribution is 2.20. The van der Waals surface area contributed by atoms with Crippen LogP contribution in [0.2, 0.25) is 0 Å². The van der Waals surface area contributed by atoms with Gasteiger partial charge in [0.25, 0.3) is 0 Å². The third kappa shape index (κ3) is 2.41. The SMILES string of the molecule is CC(C)(C)OC(=O)C1=C(N)N=C2C=NN=C2C1. The normalized spacial score (nSPS) is 18.8. The number of aliphatic imine (C=N–C) groups is 1. The fraction of sp³-hybridized carbons (Fsp3) is 0.455. The van der Waals surface area contributed by atoms with E-state index >= 15 is 0 Å². The average Bonchev–Trinajstić information content (AvgIpc) is 2.60. The highest BCUT2D eigenvalue weighted by Gasteiger charge is 2.28. The van der Waals surface area contributed by atoms with Gasteiger partial charge in [-0.25, -0.2) is 9.79 Å². The quantitative estimate of drug-likeness (QED) is 0.680. The number of nitrogens with zero attached hydrogens (tertiary/aromatic N) is 3. The molecule has 0 atom stereocenters. The second-order valence-corrected chi connectivity index (χ2v) is 4.83. The summed E-state index contributed by atoms with van der Waals surface area (Å²) in [5.41, 5.74) is 6.79. The molecule has 0 aromatic carbocycles. The van der Waals surface area contributed by atoms with E-state index in [0.29, 0.717) is 23.4 Å². The molecule has 2 heterocycles. The Hall–Kier alpha value is -1.98. The van der Waals surface area contributed by atoms with Gasteiger partial charge >= 0.3 is 5.97 Å². The van der Waals surface area contributed by atoms with E-state index in [1.807, 2.05) is 0 Å². The molecule has 0 saturated heterocycles. The minimum Gasteiger partial charge on any atom is -0.456 e. The van der Waals surface area contributed by atoms with Crippen LogP contribution >= 0.6 is 0 Å². The van der Waals surface area contributed by atoms with Crippen molar-refractivity contribution in [3.05, 3.63) is 11.4 Å². The number of esters is 1. The third-order valence-corrected chi connectivity index (χ3v) is 2.19. The molecule has 0 unspecified atom stereocenters. The van der Waals surface area contributed by atoms with E-state index in [2.05, 4.69) is 15.2 Å². The number of hydrogen-bond donors (Lipinski definition) is 1. The summed E-state index contributed by atoms with van der Waals surface area (Å²) >= 11 is 0. The molecule has 0 bridgehead atoms. The maximum absolute atomic E-state index is 11.9. The molecule has 2 N–H and O–H groups in total. The van der Waals surface area contributed by atoms with Crippen molar-refractivity contribution < 1.29 is 9.53 Å². The summed E-state index contributed by atoms with van der Waals surface area (Å²) in [5.74, 6) is -0.269. The number of fused-ring (bicyclic) bond motifs is 1. The van der Waals surface area contributed by atoms with E-state index in [-0.39, 0.29) is 5.82 Å². The Morgan fingerprint density at radius 2 is 2.18 bits per heavy atom. The number of carbonyl (C=O) groups is 1. The molecule has 0 aromatic rings. The second-order valence-electron chi connectivity index (χ2n) is 4.83. The Morgan fingerprint density at radius 1 is 1.47 bits per heavy atom. The van der Waals surface area contributed by atoms with Crippen molar-refractivity contribution in [2.45, 2.75) is 32.8 Å². The van der Waals surface area contributed by atoms with Crippen LogP contribution in [-0.4, -0.2) is 29.2 Å². The van der Waals surface area contributed by atoms with Gasteiger partial charge in [-0.2, -0.15) is 10.2 Å². The van der Waals surface area contributed by atoms with E-state index in [4.69, 9.17) is 10.5 Å². The van der Waals surface area contributed by atoms with E-state index in [1.165, 1.54) is 6.21 Å². The number of nitrogens with two attached hydrogens (primary N) is 1. The number of carbonyl (C=O) groups excluding carboxylic acids is 1. The van der Waals surface area contributed by atoms with Crippen LogP contribution in [0, 0.1) is 0 Å². The fourth-order valence-electron chi connectivity index (χ4n) is 1.47. The van der Waals surface area contributed by atoms with Gasteiger partial charge in [-0.15, -0.1) is 0 Å². The van der Waals surface area contributed by atoms with Crippen LogP contribution in [0.25, 0.3) is 0 Å². The number of hydrogen-bond acceptors (Lipinski definition) is 6. The van der Waals surface area contributed by atoms with E-state index < -0.39 is 11.6 Å². The van der Waals surface area contributed by atoms with Crippen LogP contribution in [-0.2, 0) is 9.53 Å². The average molecular weight is 234 g/mol. The second kappa shape index (κ2) is 3.80. The van der Waals surface area contributed by atoms with Gasteiger partial charge < -0.3 is 10.5 Å². The zero-order valence-corrected chi connectivity index (χ0v) is 10.0. The van der Waals surface area contributed by atoms with Gasteiger partial charge in [0.2, 0.25) is 0 Å². The molecule has 6 heteroatoms. The van der Waals surface area contributed by atoms with Crippen LogP contribution in [0.15, 0.2) is 26.6 Å². The van der Waals surface area contributed by atoms with Crippen molar-refractivity contribution in [1.29, 1.82) is 0 Å². The molecule has 17 heavy (non-hydrogen) atoms. The molecular weight excluding hydrogens is 220 g/mol. The molecule has 90 valence electrons. The Balaban J connectivity index is 2.23. The van der Waals surface area contributed by atoms with Gasteiger partial charge in [-0.05, 0) is 20.8 Å². The van der Waals surface area contributed by atoms with Crippen molar-refractivity contribution >= 4 is 23.6 Å². The lowest BCUT2D eigenvalue weighted by Gasteiger charge is -2.22. The van der Waals surface area contributed by atoms with Crippen LogP contribution < -0.4 is 5.73 Å². The largest absolute Gasteiger partial charge is 0.456 e. The molecule has 2 rings (SSSR count). The Morgan fingerprint density at radius 3 is 2.82 bits per heavy atom. The summed E-state index contributed by atoms with van der Waals surface area (Å²) in [7, 11) is 0. The molecule has 0 fully saturated rings. The highest BCUT2D eigenvalue weighted by atomic mass is 16.6. The molecule has 0 amide bonds. The fourth-order valence-corrected chi connectivity index (χ4v) is 1.47. The maximum atomic E-state index is 11.9. The van der Waals surface area contributed by atoms with Crippen molar-refractivity contribution in [1.82, 2.24) is 0 Å². The third-order valence-electron chi connectivity index (χ3n) is 2.19. The molecular formula is C11H14N4O2. The zero-order valence-electron chi connectivity index (χ0n) is 10.0. The Bertz CT molecular complexity index is 492. The first-order valence-electron chi connectivity index (χ1n) is 5.28. The summed E-state index contributed by atoms with van der Waals surface area (Å²) in [6.45, 7) is 5.40. The van der Waals surface area contributed by atoms with Gasteiger partial charge in [-0.1, -0.05) is 0 Å². The van der Waals surface area contributed by atoms with Crippen LogP contribution in [0.1, 0.15) is 27.2 Å². The van der Waals surface area contributed by atoms with Gasteiger partial charge in [0, 0.05) is 6.42 Å². The minimum atomic E-state index is -0.553. The summed E-state index contributed by atoms with van der Waals surface area (Å²) < 4.78 is 5.25. The van der Waals surface area contributed by atoms with Gasteiger partial charge in [0.15, 0.2) is 0 Å². The Labute approximate surface area is 99.0 Å². The monoisotopic (exact) mass is 234 g/mol. The smallest absolute Gasteiger partial charge is 0.338 e. The van der Waals surface area contributed by atoms with E-state index in [0.717, 1.165) is 0 Å². The molecule has 2 aliphatic heterocycles. The zero-order chi connectivity index (χ0) is 12.6. The van der Waals surface area contributed by atoms with Crippen LogP contribution in [0.3, 0.4) is 0 Å². The first-order valence-corrected chi connectivity index (χ1v) is 5.28. The topological polar surface area (TPSA) is 89.4 Å². The molecule has 0 saturated carbocycles. The van der Waals surface area contributed by atoms with Crippen molar-refractivity contribution in [2.75, 3.05) is 0 Å². The molecule has 6 nitrogen and oxygen atoms in total. The number of ether oxygens (including phenoxy) is 1. The Kier molecular flexibility index (Phi) is 2.57. The molecule has 0 radical (unpaired) electrons. The van der Waals surface area contributed by atoms with Crippen molar-refractivity contribution in [3.8, 4) is 0 Å². The lowest BCUT2D eigenvalue weighted by Crippen LogP contribution is -2.30. The van der Waals surface area contributed by atoms with Gasteiger partial charge in [0.05, 0.1) is 17.5 Å². The maximum Gasteiger partial charge on any atom is 0.338 e.